The Bertz CT molecular complexity index is 907. The van der Waals surface area contributed by atoms with E-state index in [1.165, 1.54) is 12.3 Å². The molecule has 0 unspecified atom stereocenters. The molecule has 3 heterocycles. The molecule has 116 valence electrons. The quantitative estimate of drug-likeness (QED) is 0.806. The van der Waals surface area contributed by atoms with Gasteiger partial charge >= 0.3 is 0 Å². The number of carbonyl (C=O) groups excluding carboxylic acids is 1. The molecule has 1 aliphatic heterocycles. The molecule has 0 atom stereocenters. The van der Waals surface area contributed by atoms with Gasteiger partial charge in [-0.05, 0) is 24.3 Å². The number of carbonyl (C=O) groups is 1. The van der Waals surface area contributed by atoms with Crippen molar-refractivity contribution in [3.05, 3.63) is 54.2 Å². The van der Waals surface area contributed by atoms with E-state index in [0.29, 0.717) is 28.5 Å². The van der Waals surface area contributed by atoms with Gasteiger partial charge in [-0.25, -0.2) is 9.37 Å². The van der Waals surface area contributed by atoms with Crippen LogP contribution in [-0.4, -0.2) is 22.1 Å². The maximum atomic E-state index is 13.2. The van der Waals surface area contributed by atoms with E-state index < -0.39 is 0 Å². The Balaban J connectivity index is 1.48. The number of nitrogens with zero attached hydrogens (tertiary/aromatic N) is 2. The van der Waals surface area contributed by atoms with Crippen molar-refractivity contribution in [2.75, 3.05) is 12.1 Å². The highest BCUT2D eigenvalue weighted by molar-refractivity contribution is 5.92. The van der Waals surface area contributed by atoms with Gasteiger partial charge < -0.3 is 19.2 Å². The van der Waals surface area contributed by atoms with E-state index in [0.717, 1.165) is 0 Å². The van der Waals surface area contributed by atoms with Crippen LogP contribution in [0.4, 0.5) is 10.1 Å². The highest BCUT2D eigenvalue weighted by Crippen LogP contribution is 2.34. The molecule has 1 N–H and O–H groups in total. The minimum absolute atomic E-state index is 0.0950. The van der Waals surface area contributed by atoms with Crippen molar-refractivity contribution in [3.63, 3.8) is 0 Å². The zero-order valence-corrected chi connectivity index (χ0v) is 12.0. The molecule has 6 nitrogen and oxygen atoms in total. The minimum atomic E-state index is -0.355. The van der Waals surface area contributed by atoms with Crippen LogP contribution in [0.3, 0.4) is 0 Å². The Morgan fingerprint density at radius 3 is 3.00 bits per heavy atom. The molecule has 0 spiro atoms. The van der Waals surface area contributed by atoms with Crippen molar-refractivity contribution < 1.29 is 18.7 Å². The SMILES string of the molecule is O=C(Cc1cn2cc(F)ccc2n1)Nc1ccc2c(c1)OCO2. The first-order valence-corrected chi connectivity index (χ1v) is 7.00. The van der Waals surface area contributed by atoms with Crippen LogP contribution < -0.4 is 14.8 Å². The lowest BCUT2D eigenvalue weighted by atomic mass is 10.2. The Morgan fingerprint density at radius 1 is 1.22 bits per heavy atom. The van der Waals surface area contributed by atoms with Gasteiger partial charge in [0.15, 0.2) is 11.5 Å². The van der Waals surface area contributed by atoms with Gasteiger partial charge in [0.1, 0.15) is 11.5 Å². The number of hydrogen-bond donors (Lipinski definition) is 1. The van der Waals surface area contributed by atoms with Crippen LogP contribution in [0, 0.1) is 5.82 Å². The molecule has 0 saturated carbocycles. The van der Waals surface area contributed by atoms with Gasteiger partial charge in [0.2, 0.25) is 12.7 Å². The zero-order valence-electron chi connectivity index (χ0n) is 12.0. The molecule has 0 fully saturated rings. The minimum Gasteiger partial charge on any atom is -0.454 e. The number of halogens is 1. The Hall–Kier alpha value is -3.09. The number of rotatable bonds is 3. The zero-order chi connectivity index (χ0) is 15.8. The third-order valence-corrected chi connectivity index (χ3v) is 3.46. The van der Waals surface area contributed by atoms with Crippen LogP contribution in [-0.2, 0) is 11.2 Å². The van der Waals surface area contributed by atoms with Gasteiger partial charge in [0.05, 0.1) is 12.1 Å². The van der Waals surface area contributed by atoms with E-state index in [1.54, 1.807) is 34.9 Å². The molecule has 1 aliphatic rings. The van der Waals surface area contributed by atoms with Crippen molar-refractivity contribution in [1.82, 2.24) is 9.38 Å². The van der Waals surface area contributed by atoms with E-state index in [2.05, 4.69) is 10.3 Å². The summed E-state index contributed by atoms with van der Waals surface area (Å²) in [4.78, 5) is 16.4. The number of nitrogens with one attached hydrogen (secondary N) is 1. The summed E-state index contributed by atoms with van der Waals surface area (Å²) in [5.41, 5.74) is 1.78. The molecular weight excluding hydrogens is 301 g/mol. The fourth-order valence-corrected chi connectivity index (χ4v) is 2.45. The summed E-state index contributed by atoms with van der Waals surface area (Å²) in [6.07, 6.45) is 3.05. The van der Waals surface area contributed by atoms with Crippen molar-refractivity contribution in [3.8, 4) is 11.5 Å². The molecule has 4 rings (SSSR count). The normalized spacial score (nSPS) is 12.6. The molecule has 1 amide bonds. The fourth-order valence-electron chi connectivity index (χ4n) is 2.45. The number of hydrogen-bond acceptors (Lipinski definition) is 4. The molecule has 23 heavy (non-hydrogen) atoms. The highest BCUT2D eigenvalue weighted by Gasteiger charge is 2.14. The predicted octanol–water partition coefficient (Wildman–Crippen LogP) is 2.38. The van der Waals surface area contributed by atoms with Gasteiger partial charge in [0, 0.05) is 24.1 Å². The van der Waals surface area contributed by atoms with Crippen molar-refractivity contribution >= 4 is 17.2 Å². The number of ether oxygens (including phenoxy) is 2. The molecular formula is C16H12FN3O3. The van der Waals surface area contributed by atoms with Gasteiger partial charge in [0.25, 0.3) is 0 Å². The van der Waals surface area contributed by atoms with Crippen LogP contribution >= 0.6 is 0 Å². The molecule has 1 aromatic carbocycles. The van der Waals surface area contributed by atoms with Gasteiger partial charge in [-0.3, -0.25) is 4.79 Å². The molecule has 0 saturated heterocycles. The lowest BCUT2D eigenvalue weighted by Crippen LogP contribution is -2.14. The van der Waals surface area contributed by atoms with Crippen LogP contribution in [0.5, 0.6) is 11.5 Å². The summed E-state index contributed by atoms with van der Waals surface area (Å²) >= 11 is 0. The molecule has 2 aromatic heterocycles. The first kappa shape index (κ1) is 13.6. The van der Waals surface area contributed by atoms with Crippen LogP contribution in [0.25, 0.3) is 5.65 Å². The van der Waals surface area contributed by atoms with E-state index in [-0.39, 0.29) is 24.9 Å². The smallest absolute Gasteiger partial charge is 0.231 e. The lowest BCUT2D eigenvalue weighted by Gasteiger charge is -2.05. The second kappa shape index (κ2) is 5.28. The second-order valence-corrected chi connectivity index (χ2v) is 5.14. The van der Waals surface area contributed by atoms with Gasteiger partial charge in [-0.2, -0.15) is 0 Å². The topological polar surface area (TPSA) is 64.9 Å². The molecule has 0 aliphatic carbocycles. The largest absolute Gasteiger partial charge is 0.454 e. The van der Waals surface area contributed by atoms with Crippen molar-refractivity contribution in [2.45, 2.75) is 6.42 Å². The van der Waals surface area contributed by atoms with Gasteiger partial charge in [-0.1, -0.05) is 0 Å². The summed E-state index contributed by atoms with van der Waals surface area (Å²) in [5.74, 6) is 0.690. The van der Waals surface area contributed by atoms with Gasteiger partial charge in [-0.15, -0.1) is 0 Å². The number of anilines is 1. The number of fused-ring (bicyclic) bond motifs is 2. The van der Waals surface area contributed by atoms with Crippen LogP contribution in [0.15, 0.2) is 42.7 Å². The maximum Gasteiger partial charge on any atom is 0.231 e. The Labute approximate surface area is 130 Å². The Kier molecular flexibility index (Phi) is 3.11. The Morgan fingerprint density at radius 2 is 2.09 bits per heavy atom. The van der Waals surface area contributed by atoms with Crippen molar-refractivity contribution in [1.29, 1.82) is 0 Å². The van der Waals surface area contributed by atoms with E-state index in [4.69, 9.17) is 9.47 Å². The average Bonchev–Trinajstić information content (AvgIpc) is 3.11. The molecule has 0 bridgehead atoms. The van der Waals surface area contributed by atoms with Crippen LogP contribution in [0.1, 0.15) is 5.69 Å². The number of amides is 1. The van der Waals surface area contributed by atoms with E-state index >= 15 is 0 Å². The summed E-state index contributed by atoms with van der Waals surface area (Å²) in [6.45, 7) is 0.185. The van der Waals surface area contributed by atoms with Crippen LogP contribution in [0.2, 0.25) is 0 Å². The van der Waals surface area contributed by atoms with E-state index in [9.17, 15) is 9.18 Å². The summed E-state index contributed by atoms with van der Waals surface area (Å²) in [6, 6.07) is 8.09. The maximum absolute atomic E-state index is 13.2. The second-order valence-electron chi connectivity index (χ2n) is 5.14. The number of benzene rings is 1. The number of aromatic nitrogens is 2. The highest BCUT2D eigenvalue weighted by atomic mass is 19.1. The molecule has 7 heteroatoms. The van der Waals surface area contributed by atoms with E-state index in [1.807, 2.05) is 0 Å². The number of imidazole rings is 1. The summed E-state index contributed by atoms with van der Waals surface area (Å²) < 4.78 is 25.2. The number of pyridine rings is 1. The monoisotopic (exact) mass is 313 g/mol. The predicted molar refractivity (Wildman–Crippen MR) is 80.0 cm³/mol. The summed E-state index contributed by atoms with van der Waals surface area (Å²) in [5, 5.41) is 2.78. The first-order chi connectivity index (χ1) is 11.2. The third kappa shape index (κ3) is 2.68. The summed E-state index contributed by atoms with van der Waals surface area (Å²) in [7, 11) is 0. The third-order valence-electron chi connectivity index (χ3n) is 3.46. The first-order valence-electron chi connectivity index (χ1n) is 7.00. The molecule has 0 radical (unpaired) electrons. The molecule has 3 aromatic rings. The standard InChI is InChI=1S/C16H12FN3O3/c17-10-1-4-15-18-12(8-20(15)7-10)6-16(21)19-11-2-3-13-14(5-11)23-9-22-13/h1-5,7-8H,6,9H2,(H,19,21). The van der Waals surface area contributed by atoms with Crippen molar-refractivity contribution in [2.24, 2.45) is 0 Å². The lowest BCUT2D eigenvalue weighted by molar-refractivity contribution is -0.115. The average molecular weight is 313 g/mol. The fraction of sp³-hybridized carbons (Fsp3) is 0.125.